The van der Waals surface area contributed by atoms with Gasteiger partial charge in [0.15, 0.2) is 0 Å². The predicted molar refractivity (Wildman–Crippen MR) is 107 cm³/mol. The minimum Gasteiger partial charge on any atom is -0.356 e. The number of amides is 3. The van der Waals surface area contributed by atoms with Crippen molar-refractivity contribution < 1.29 is 22.8 Å². The predicted octanol–water partition coefficient (Wildman–Crippen LogP) is 0.884. The van der Waals surface area contributed by atoms with Crippen LogP contribution in [-0.4, -0.2) is 61.5 Å². The van der Waals surface area contributed by atoms with Gasteiger partial charge in [0.2, 0.25) is 27.7 Å². The molecule has 0 spiro atoms. The summed E-state index contributed by atoms with van der Waals surface area (Å²) in [7, 11) is -3.39. The molecule has 0 radical (unpaired) electrons. The molecule has 0 bridgehead atoms. The number of piperidine rings is 1. The summed E-state index contributed by atoms with van der Waals surface area (Å²) in [6.07, 6.45) is 2.05. The van der Waals surface area contributed by atoms with E-state index in [1.807, 2.05) is 18.2 Å². The van der Waals surface area contributed by atoms with Gasteiger partial charge in [-0.15, -0.1) is 0 Å². The van der Waals surface area contributed by atoms with Gasteiger partial charge in [0.25, 0.3) is 0 Å². The number of benzene rings is 1. The molecule has 0 unspecified atom stereocenters. The van der Waals surface area contributed by atoms with Gasteiger partial charge in [-0.05, 0) is 24.8 Å². The molecule has 2 saturated heterocycles. The molecule has 1 N–H and O–H groups in total. The first-order valence-corrected chi connectivity index (χ1v) is 11.6. The van der Waals surface area contributed by atoms with Crippen LogP contribution in [0.25, 0.3) is 0 Å². The maximum absolute atomic E-state index is 12.6. The van der Waals surface area contributed by atoms with Crippen molar-refractivity contribution in [1.29, 1.82) is 0 Å². The van der Waals surface area contributed by atoms with Crippen molar-refractivity contribution in [1.82, 2.24) is 14.5 Å². The SMILES string of the molecule is O=C(NCCCN1C(=O)CCC1=O)C1CCN(S(=O)(=O)Cc2ccccc2)CC1. The van der Waals surface area contributed by atoms with Crippen molar-refractivity contribution in [2.45, 2.75) is 37.9 Å². The zero-order valence-corrected chi connectivity index (χ0v) is 17.2. The van der Waals surface area contributed by atoms with Crippen molar-refractivity contribution in [2.75, 3.05) is 26.2 Å². The number of carbonyl (C=O) groups is 3. The maximum atomic E-state index is 12.6. The Morgan fingerprint density at radius 2 is 1.66 bits per heavy atom. The normalized spacial score (nSPS) is 19.0. The standard InChI is InChI=1S/C20H27N3O5S/c24-18-7-8-19(25)23(18)12-4-11-21-20(26)17-9-13-22(14-10-17)29(27,28)15-16-5-2-1-3-6-16/h1-3,5-6,17H,4,7-15H2,(H,21,26). The maximum Gasteiger partial charge on any atom is 0.229 e. The summed E-state index contributed by atoms with van der Waals surface area (Å²) in [5, 5.41) is 2.84. The third-order valence-electron chi connectivity index (χ3n) is 5.42. The first-order chi connectivity index (χ1) is 13.9. The van der Waals surface area contributed by atoms with Gasteiger partial charge in [-0.3, -0.25) is 19.3 Å². The number of sulfonamides is 1. The second kappa shape index (κ2) is 9.49. The molecular weight excluding hydrogens is 394 g/mol. The van der Waals surface area contributed by atoms with E-state index in [2.05, 4.69) is 5.32 Å². The lowest BCUT2D eigenvalue weighted by Gasteiger charge is -2.30. The third-order valence-corrected chi connectivity index (χ3v) is 7.27. The highest BCUT2D eigenvalue weighted by Gasteiger charge is 2.31. The summed E-state index contributed by atoms with van der Waals surface area (Å²) in [6.45, 7) is 1.39. The zero-order valence-electron chi connectivity index (χ0n) is 16.4. The molecule has 158 valence electrons. The number of hydrogen-bond acceptors (Lipinski definition) is 5. The van der Waals surface area contributed by atoms with Gasteiger partial charge in [-0.2, -0.15) is 0 Å². The van der Waals surface area contributed by atoms with E-state index in [1.165, 1.54) is 9.21 Å². The van der Waals surface area contributed by atoms with Crippen molar-refractivity contribution in [3.63, 3.8) is 0 Å². The van der Waals surface area contributed by atoms with Crippen LogP contribution in [0.15, 0.2) is 30.3 Å². The number of likely N-dealkylation sites (tertiary alicyclic amines) is 1. The Bertz CT molecular complexity index is 832. The smallest absolute Gasteiger partial charge is 0.229 e. The van der Waals surface area contributed by atoms with E-state index in [1.54, 1.807) is 12.1 Å². The summed E-state index contributed by atoms with van der Waals surface area (Å²) < 4.78 is 26.6. The molecule has 2 aliphatic heterocycles. The first kappa shape index (κ1) is 21.4. The fourth-order valence-corrected chi connectivity index (χ4v) is 5.30. The van der Waals surface area contributed by atoms with E-state index < -0.39 is 10.0 Å². The first-order valence-electron chi connectivity index (χ1n) is 9.99. The fraction of sp³-hybridized carbons (Fsp3) is 0.550. The van der Waals surface area contributed by atoms with Crippen LogP contribution in [0.5, 0.6) is 0 Å². The monoisotopic (exact) mass is 421 g/mol. The van der Waals surface area contributed by atoms with Crippen LogP contribution in [0, 0.1) is 5.92 Å². The van der Waals surface area contributed by atoms with Gasteiger partial charge in [0.05, 0.1) is 5.75 Å². The van der Waals surface area contributed by atoms with E-state index >= 15 is 0 Å². The molecule has 2 heterocycles. The molecule has 9 heteroatoms. The van der Waals surface area contributed by atoms with Gasteiger partial charge in [0, 0.05) is 44.9 Å². The van der Waals surface area contributed by atoms with Crippen molar-refractivity contribution in [2.24, 2.45) is 5.92 Å². The second-order valence-corrected chi connectivity index (χ2v) is 9.47. The molecule has 2 aliphatic rings. The molecule has 1 aromatic rings. The summed E-state index contributed by atoms with van der Waals surface area (Å²) in [5.74, 6) is -0.633. The average molecular weight is 422 g/mol. The highest BCUT2D eigenvalue weighted by atomic mass is 32.2. The minimum atomic E-state index is -3.39. The van der Waals surface area contributed by atoms with Crippen LogP contribution in [-0.2, 0) is 30.2 Å². The molecule has 1 aromatic carbocycles. The summed E-state index contributed by atoms with van der Waals surface area (Å²) >= 11 is 0. The van der Waals surface area contributed by atoms with Crippen LogP contribution in [0.4, 0.5) is 0 Å². The fourth-order valence-electron chi connectivity index (χ4n) is 3.74. The molecular formula is C20H27N3O5S. The molecule has 29 heavy (non-hydrogen) atoms. The summed E-state index contributed by atoms with van der Waals surface area (Å²) in [4.78, 5) is 36.7. The van der Waals surface area contributed by atoms with Gasteiger partial charge in [-0.25, -0.2) is 12.7 Å². The van der Waals surface area contributed by atoms with Crippen molar-refractivity contribution in [3.8, 4) is 0 Å². The Morgan fingerprint density at radius 1 is 1.03 bits per heavy atom. The lowest BCUT2D eigenvalue weighted by molar-refractivity contribution is -0.138. The summed E-state index contributed by atoms with van der Waals surface area (Å²) in [6, 6.07) is 9.07. The van der Waals surface area contributed by atoms with E-state index in [0.29, 0.717) is 45.4 Å². The lowest BCUT2D eigenvalue weighted by Crippen LogP contribution is -2.43. The average Bonchev–Trinajstić information content (AvgIpc) is 3.03. The number of imide groups is 1. The van der Waals surface area contributed by atoms with Crippen LogP contribution in [0.2, 0.25) is 0 Å². The number of nitrogens with zero attached hydrogens (tertiary/aromatic N) is 2. The van der Waals surface area contributed by atoms with Gasteiger partial charge < -0.3 is 5.32 Å². The zero-order chi connectivity index (χ0) is 20.9. The Labute approximate surface area is 171 Å². The Hall–Kier alpha value is -2.26. The van der Waals surface area contributed by atoms with Crippen LogP contribution < -0.4 is 5.32 Å². The molecule has 0 aliphatic carbocycles. The van der Waals surface area contributed by atoms with Gasteiger partial charge in [0.1, 0.15) is 0 Å². The minimum absolute atomic E-state index is 0.0291. The van der Waals surface area contributed by atoms with Crippen LogP contribution in [0.3, 0.4) is 0 Å². The van der Waals surface area contributed by atoms with Crippen LogP contribution in [0.1, 0.15) is 37.7 Å². The lowest BCUT2D eigenvalue weighted by atomic mass is 9.97. The molecule has 3 rings (SSSR count). The highest BCUT2D eigenvalue weighted by molar-refractivity contribution is 7.88. The van der Waals surface area contributed by atoms with E-state index in [4.69, 9.17) is 0 Å². The Kier molecular flexibility index (Phi) is 7.02. The second-order valence-electron chi connectivity index (χ2n) is 7.50. The molecule has 0 atom stereocenters. The molecule has 0 aromatic heterocycles. The highest BCUT2D eigenvalue weighted by Crippen LogP contribution is 2.22. The molecule has 2 fully saturated rings. The van der Waals surface area contributed by atoms with E-state index in [9.17, 15) is 22.8 Å². The number of rotatable bonds is 8. The van der Waals surface area contributed by atoms with Crippen molar-refractivity contribution >= 4 is 27.7 Å². The Morgan fingerprint density at radius 3 is 2.28 bits per heavy atom. The van der Waals surface area contributed by atoms with E-state index in [0.717, 1.165) is 5.56 Å². The molecule has 0 saturated carbocycles. The van der Waals surface area contributed by atoms with Crippen molar-refractivity contribution in [3.05, 3.63) is 35.9 Å². The van der Waals surface area contributed by atoms with Gasteiger partial charge in [-0.1, -0.05) is 30.3 Å². The number of carbonyl (C=O) groups excluding carboxylic acids is 3. The quantitative estimate of drug-likeness (QED) is 0.496. The number of nitrogens with one attached hydrogen (secondary N) is 1. The molecule has 8 nitrogen and oxygen atoms in total. The van der Waals surface area contributed by atoms with Gasteiger partial charge >= 0.3 is 0 Å². The van der Waals surface area contributed by atoms with Crippen LogP contribution >= 0.6 is 0 Å². The summed E-state index contributed by atoms with van der Waals surface area (Å²) in [5.41, 5.74) is 0.752. The topological polar surface area (TPSA) is 104 Å². The van der Waals surface area contributed by atoms with E-state index in [-0.39, 0.29) is 42.2 Å². The number of hydrogen-bond donors (Lipinski definition) is 1. The third kappa shape index (κ3) is 5.63. The largest absolute Gasteiger partial charge is 0.356 e. The molecule has 3 amide bonds. The Balaban J connectivity index is 1.39.